The van der Waals surface area contributed by atoms with Crippen LogP contribution in [0.3, 0.4) is 0 Å². The average Bonchev–Trinajstić information content (AvgIpc) is 2.49. The summed E-state index contributed by atoms with van der Waals surface area (Å²) in [5.41, 5.74) is 3.25. The van der Waals surface area contributed by atoms with Crippen LogP contribution < -0.4 is 9.62 Å². The first-order chi connectivity index (χ1) is 11.3. The Labute approximate surface area is 174 Å². The minimum atomic E-state index is -2.45. The third kappa shape index (κ3) is 5.88. The Morgan fingerprint density at radius 2 is 1.84 bits per heavy atom. The van der Waals surface area contributed by atoms with Crippen LogP contribution in [-0.2, 0) is 44.0 Å². The Kier molecular flexibility index (Phi) is 8.20. The van der Waals surface area contributed by atoms with Gasteiger partial charge in [-0.15, -0.1) is 10.2 Å². The molecule has 25 heavy (non-hydrogen) atoms. The number of hydrogen-bond donors (Lipinski definition) is 1. The smallest absolute Gasteiger partial charge is 0.180 e. The maximum atomic E-state index is 11.0. The first kappa shape index (κ1) is 21.8. The second-order valence-electron chi connectivity index (χ2n) is 5.44. The summed E-state index contributed by atoms with van der Waals surface area (Å²) in [5, 5.41) is 8.31. The molecule has 0 saturated heterocycles. The van der Waals surface area contributed by atoms with Crippen molar-refractivity contribution in [1.82, 2.24) is 9.97 Å². The van der Waals surface area contributed by atoms with Gasteiger partial charge in [-0.3, -0.25) is 4.21 Å². The summed E-state index contributed by atoms with van der Waals surface area (Å²) in [6.45, 7) is 5.53. The van der Waals surface area contributed by atoms with Crippen molar-refractivity contribution >= 4 is 34.1 Å². The molecule has 0 bridgehead atoms. The SMILES string of the molecule is Cc1nc(C)c(C)c(N=Nc2ccc(N(C)C)cc2NS(=O)[O-])n1.[Y]. The van der Waals surface area contributed by atoms with Crippen LogP contribution in [0.1, 0.15) is 17.1 Å². The second kappa shape index (κ2) is 9.42. The van der Waals surface area contributed by atoms with Crippen LogP contribution in [0.2, 0.25) is 0 Å². The molecule has 1 aromatic carbocycles. The zero-order valence-electron chi connectivity index (χ0n) is 14.8. The largest absolute Gasteiger partial charge is 0.755 e. The van der Waals surface area contributed by atoms with Crippen molar-refractivity contribution in [3.63, 3.8) is 0 Å². The quantitative estimate of drug-likeness (QED) is 0.573. The molecule has 1 unspecified atom stereocenters. The van der Waals surface area contributed by atoms with Crippen molar-refractivity contribution in [2.24, 2.45) is 10.2 Å². The van der Waals surface area contributed by atoms with Crippen LogP contribution in [0.5, 0.6) is 0 Å². The fraction of sp³-hybridized carbons (Fsp3) is 0.333. The van der Waals surface area contributed by atoms with Gasteiger partial charge >= 0.3 is 0 Å². The molecule has 1 radical (unpaired) electrons. The van der Waals surface area contributed by atoms with Crippen molar-refractivity contribution in [2.45, 2.75) is 20.8 Å². The first-order valence-electron chi connectivity index (χ1n) is 7.19. The molecular weight excluding hydrogens is 417 g/mol. The van der Waals surface area contributed by atoms with E-state index in [0.717, 1.165) is 16.9 Å². The average molecular weight is 436 g/mol. The van der Waals surface area contributed by atoms with Crippen molar-refractivity contribution < 1.29 is 41.5 Å². The summed E-state index contributed by atoms with van der Waals surface area (Å²) < 4.78 is 24.4. The van der Waals surface area contributed by atoms with Gasteiger partial charge < -0.3 is 14.2 Å². The molecule has 0 spiro atoms. The Balaban J connectivity index is 0.00000312. The number of anilines is 2. The van der Waals surface area contributed by atoms with E-state index in [4.69, 9.17) is 0 Å². The van der Waals surface area contributed by atoms with Crippen molar-refractivity contribution in [3.05, 3.63) is 35.3 Å². The molecule has 2 aromatic rings. The second-order valence-corrected chi connectivity index (χ2v) is 6.11. The van der Waals surface area contributed by atoms with E-state index in [-0.39, 0.29) is 32.7 Å². The molecule has 131 valence electrons. The molecule has 0 aliphatic heterocycles. The van der Waals surface area contributed by atoms with Gasteiger partial charge in [0.25, 0.3) is 0 Å². The summed E-state index contributed by atoms with van der Waals surface area (Å²) in [4.78, 5) is 10.4. The van der Waals surface area contributed by atoms with Crippen LogP contribution in [-0.4, -0.2) is 32.8 Å². The van der Waals surface area contributed by atoms with Gasteiger partial charge in [0.2, 0.25) is 0 Å². The molecule has 1 atom stereocenters. The molecule has 1 aromatic heterocycles. The fourth-order valence-electron chi connectivity index (χ4n) is 2.01. The monoisotopic (exact) mass is 436 g/mol. The molecular formula is C15H19N6O2SY-. The van der Waals surface area contributed by atoms with Crippen LogP contribution in [0.4, 0.5) is 22.9 Å². The minimum absolute atomic E-state index is 0. The number of nitrogens with zero attached hydrogens (tertiary/aromatic N) is 5. The van der Waals surface area contributed by atoms with Gasteiger partial charge in [-0.05, 0) is 39.0 Å². The number of aromatic nitrogens is 2. The summed E-state index contributed by atoms with van der Waals surface area (Å²) in [7, 11) is 3.73. The minimum Gasteiger partial charge on any atom is -0.755 e. The summed E-state index contributed by atoms with van der Waals surface area (Å²) in [5.74, 6) is 1.07. The van der Waals surface area contributed by atoms with E-state index in [9.17, 15) is 8.76 Å². The third-order valence-corrected chi connectivity index (χ3v) is 3.80. The topological polar surface area (TPSA) is 106 Å². The van der Waals surface area contributed by atoms with E-state index in [1.54, 1.807) is 19.1 Å². The van der Waals surface area contributed by atoms with Gasteiger partial charge in [0.05, 0.1) is 5.69 Å². The summed E-state index contributed by atoms with van der Waals surface area (Å²) in [6.07, 6.45) is 0. The van der Waals surface area contributed by atoms with Crippen molar-refractivity contribution in [2.75, 3.05) is 23.7 Å². The normalized spacial score (nSPS) is 11.9. The summed E-state index contributed by atoms with van der Waals surface area (Å²) in [6, 6.07) is 5.22. The van der Waals surface area contributed by atoms with Crippen molar-refractivity contribution in [3.8, 4) is 0 Å². The van der Waals surface area contributed by atoms with Gasteiger partial charge in [0.15, 0.2) is 5.82 Å². The standard InChI is InChI=1S/C15H20N6O2S.Y/c1-9-10(2)16-11(3)17-15(9)19-18-13-7-6-12(21(4)5)8-14(13)20-24(22)23;/h6-8,20H,1-5H3,(H,22,23);/p-1. The zero-order valence-corrected chi connectivity index (χ0v) is 18.4. The van der Waals surface area contributed by atoms with Crippen LogP contribution in [0.15, 0.2) is 28.4 Å². The fourth-order valence-corrected chi connectivity index (χ4v) is 2.35. The molecule has 0 amide bonds. The molecule has 10 heteroatoms. The van der Waals surface area contributed by atoms with Gasteiger partial charge in [0, 0.05) is 75.0 Å². The molecule has 8 nitrogen and oxygen atoms in total. The molecule has 1 heterocycles. The van der Waals surface area contributed by atoms with E-state index in [2.05, 4.69) is 24.9 Å². The van der Waals surface area contributed by atoms with Crippen molar-refractivity contribution in [1.29, 1.82) is 0 Å². The summed E-state index contributed by atoms with van der Waals surface area (Å²) >= 11 is -2.45. The van der Waals surface area contributed by atoms with E-state index >= 15 is 0 Å². The Morgan fingerprint density at radius 3 is 2.44 bits per heavy atom. The molecule has 2 rings (SSSR count). The number of aryl methyl sites for hydroxylation is 2. The van der Waals surface area contributed by atoms with Crippen LogP contribution in [0, 0.1) is 20.8 Å². The van der Waals surface area contributed by atoms with E-state index in [0.29, 0.717) is 23.0 Å². The number of hydrogen-bond acceptors (Lipinski definition) is 7. The Hall–Kier alpha value is -1.29. The Bertz CT molecular complexity index is 813. The van der Waals surface area contributed by atoms with Crippen LogP contribution in [0.25, 0.3) is 0 Å². The van der Waals surface area contributed by atoms with Gasteiger partial charge in [-0.25, -0.2) is 9.97 Å². The van der Waals surface area contributed by atoms with Gasteiger partial charge in [-0.1, -0.05) is 0 Å². The number of benzene rings is 1. The van der Waals surface area contributed by atoms with Crippen LogP contribution >= 0.6 is 0 Å². The molecule has 0 aliphatic rings. The molecule has 1 N–H and O–H groups in total. The first-order valence-corrected chi connectivity index (χ1v) is 8.26. The zero-order chi connectivity index (χ0) is 17.9. The molecule has 0 fully saturated rings. The molecule has 0 aliphatic carbocycles. The number of nitrogens with one attached hydrogen (secondary N) is 1. The van der Waals surface area contributed by atoms with Gasteiger partial charge in [-0.2, -0.15) is 0 Å². The van der Waals surface area contributed by atoms with E-state index < -0.39 is 11.3 Å². The predicted octanol–water partition coefficient (Wildman–Crippen LogP) is 3.09. The maximum Gasteiger partial charge on any atom is 0.180 e. The van der Waals surface area contributed by atoms with E-state index in [1.165, 1.54) is 0 Å². The van der Waals surface area contributed by atoms with Gasteiger partial charge in [0.1, 0.15) is 11.5 Å². The molecule has 0 saturated carbocycles. The third-order valence-electron chi connectivity index (χ3n) is 3.42. The Morgan fingerprint density at radius 1 is 1.16 bits per heavy atom. The maximum absolute atomic E-state index is 11.0. The van der Waals surface area contributed by atoms with E-state index in [1.807, 2.05) is 38.9 Å². The predicted molar refractivity (Wildman–Crippen MR) is 93.7 cm³/mol. The number of rotatable bonds is 5. The number of azo groups is 1.